The number of hydrogen-bond acceptors (Lipinski definition) is 3. The van der Waals surface area contributed by atoms with Gasteiger partial charge in [-0.2, -0.15) is 13.2 Å². The smallest absolute Gasteiger partial charge is 0.378 e. The fourth-order valence-electron chi connectivity index (χ4n) is 4.56. The number of carbonyl (C=O) groups is 1. The summed E-state index contributed by atoms with van der Waals surface area (Å²) in [5.74, 6) is -1.57. The quantitative estimate of drug-likeness (QED) is 0.229. The van der Waals surface area contributed by atoms with E-state index in [2.05, 4.69) is 20.8 Å². The summed E-state index contributed by atoms with van der Waals surface area (Å²) in [6.07, 6.45) is 0.242. The van der Waals surface area contributed by atoms with E-state index in [1.54, 1.807) is 18.2 Å². The van der Waals surface area contributed by atoms with Crippen LogP contribution in [0.15, 0.2) is 40.9 Å². The Bertz CT molecular complexity index is 1120. The van der Waals surface area contributed by atoms with Crippen LogP contribution in [-0.2, 0) is 4.74 Å². The Hall–Kier alpha value is -1.09. The van der Waals surface area contributed by atoms with Crippen molar-refractivity contribution >= 4 is 62.6 Å². The molecule has 2 fully saturated rings. The molecule has 2 heterocycles. The predicted molar refractivity (Wildman–Crippen MR) is 141 cm³/mol. The average molecular weight is 626 g/mol. The fraction of sp³-hybridized carbons (Fsp3) is 0.423. The van der Waals surface area contributed by atoms with Gasteiger partial charge in [0.1, 0.15) is 0 Å². The summed E-state index contributed by atoms with van der Waals surface area (Å²) >= 11 is 21.2. The van der Waals surface area contributed by atoms with Gasteiger partial charge in [0.2, 0.25) is 0 Å². The summed E-state index contributed by atoms with van der Waals surface area (Å²) in [6, 6.07) is 7.80. The third-order valence-electron chi connectivity index (χ3n) is 6.75. The van der Waals surface area contributed by atoms with E-state index in [0.717, 1.165) is 45.2 Å². The minimum atomic E-state index is -4.56. The Morgan fingerprint density at radius 2 is 1.75 bits per heavy atom. The van der Waals surface area contributed by atoms with E-state index in [1.807, 2.05) is 0 Å². The molecule has 3 nitrogen and oxygen atoms in total. The number of benzene rings is 2. The van der Waals surface area contributed by atoms with Gasteiger partial charge in [-0.05, 0) is 67.2 Å². The highest BCUT2D eigenvalue weighted by Gasteiger charge is 2.39. The number of allylic oxidation sites excluding steroid dienone is 1. The van der Waals surface area contributed by atoms with Crippen LogP contribution < -0.4 is 0 Å². The van der Waals surface area contributed by atoms with Crippen molar-refractivity contribution in [2.75, 3.05) is 26.3 Å². The zero-order valence-electron chi connectivity index (χ0n) is 19.1. The van der Waals surface area contributed by atoms with E-state index in [9.17, 15) is 18.0 Å². The second kappa shape index (κ2) is 11.7. The highest BCUT2D eigenvalue weighted by molar-refractivity contribution is 9.10. The van der Waals surface area contributed by atoms with Crippen molar-refractivity contribution in [3.05, 3.63) is 72.6 Å². The van der Waals surface area contributed by atoms with E-state index in [-0.39, 0.29) is 26.4 Å². The molecule has 1 atom stereocenters. The fourth-order valence-corrected chi connectivity index (χ4v) is 5.79. The van der Waals surface area contributed by atoms with Crippen molar-refractivity contribution in [3.8, 4) is 0 Å². The largest absolute Gasteiger partial charge is 0.399 e. The highest BCUT2D eigenvalue weighted by atomic mass is 79.9. The van der Waals surface area contributed by atoms with Gasteiger partial charge in [0, 0.05) is 16.5 Å². The molecule has 2 aliphatic heterocycles. The van der Waals surface area contributed by atoms with Gasteiger partial charge in [0.05, 0.1) is 40.2 Å². The monoisotopic (exact) mass is 623 g/mol. The minimum absolute atomic E-state index is 0.00897. The maximum Gasteiger partial charge on any atom is 0.399 e. The first-order valence-electron chi connectivity index (χ1n) is 11.6. The van der Waals surface area contributed by atoms with Crippen LogP contribution in [0.1, 0.15) is 46.7 Å². The molecule has 36 heavy (non-hydrogen) atoms. The number of ketones is 1. The first-order valence-corrected chi connectivity index (χ1v) is 13.5. The van der Waals surface area contributed by atoms with E-state index >= 15 is 0 Å². The lowest BCUT2D eigenvalue weighted by Crippen LogP contribution is -2.51. The molecule has 10 heteroatoms. The van der Waals surface area contributed by atoms with Gasteiger partial charge >= 0.3 is 6.18 Å². The van der Waals surface area contributed by atoms with E-state index in [0.29, 0.717) is 34.0 Å². The number of halogens is 7. The van der Waals surface area contributed by atoms with Gasteiger partial charge in [0.25, 0.3) is 0 Å². The number of piperidine rings is 1. The van der Waals surface area contributed by atoms with Gasteiger partial charge in [-0.25, -0.2) is 0 Å². The van der Waals surface area contributed by atoms with Crippen LogP contribution in [0.2, 0.25) is 15.1 Å². The second-order valence-electron chi connectivity index (χ2n) is 9.21. The van der Waals surface area contributed by atoms with Gasteiger partial charge in [-0.1, -0.05) is 69.0 Å². The van der Waals surface area contributed by atoms with Gasteiger partial charge in [0.15, 0.2) is 5.78 Å². The molecule has 0 bridgehead atoms. The number of alkyl halides is 3. The van der Waals surface area contributed by atoms with Crippen LogP contribution in [0.3, 0.4) is 0 Å². The van der Waals surface area contributed by atoms with Gasteiger partial charge < -0.3 is 4.74 Å². The lowest BCUT2D eigenvalue weighted by atomic mass is 9.89. The molecule has 2 aliphatic rings. The molecule has 2 saturated heterocycles. The molecule has 1 unspecified atom stereocenters. The maximum absolute atomic E-state index is 13.8. The molecule has 0 spiro atoms. The van der Waals surface area contributed by atoms with Crippen LogP contribution in [0.5, 0.6) is 0 Å². The number of nitrogens with zero attached hydrogens (tertiary/aromatic N) is 1. The van der Waals surface area contributed by atoms with Crippen molar-refractivity contribution in [1.29, 1.82) is 0 Å². The van der Waals surface area contributed by atoms with E-state index < -0.39 is 12.1 Å². The molecular formula is C26H24BrCl3F3NO2. The van der Waals surface area contributed by atoms with Crippen LogP contribution in [0.25, 0.3) is 6.08 Å². The molecule has 2 aromatic rings. The molecule has 4 rings (SSSR count). The number of ether oxygens (including phenoxy) is 1. The molecule has 194 valence electrons. The number of rotatable bonds is 7. The van der Waals surface area contributed by atoms with Crippen LogP contribution in [-0.4, -0.2) is 49.2 Å². The summed E-state index contributed by atoms with van der Waals surface area (Å²) in [7, 11) is 0. The average Bonchev–Trinajstić information content (AvgIpc) is 2.76. The second-order valence-corrected chi connectivity index (χ2v) is 11.3. The lowest BCUT2D eigenvalue weighted by molar-refractivity contribution is -0.139. The zero-order valence-corrected chi connectivity index (χ0v) is 23.0. The summed E-state index contributed by atoms with van der Waals surface area (Å²) in [6.45, 7) is 3.53. The Labute approximate surface area is 231 Å². The summed E-state index contributed by atoms with van der Waals surface area (Å²) in [4.78, 5) is 15.4. The van der Waals surface area contributed by atoms with Crippen molar-refractivity contribution < 1.29 is 22.7 Å². The Kier molecular flexibility index (Phi) is 9.12. The van der Waals surface area contributed by atoms with Crippen LogP contribution >= 0.6 is 50.7 Å². The van der Waals surface area contributed by atoms with Crippen LogP contribution in [0.4, 0.5) is 13.2 Å². The predicted octanol–water partition coefficient (Wildman–Crippen LogP) is 8.45. The molecule has 0 radical (unpaired) electrons. The topological polar surface area (TPSA) is 29.5 Å². The third-order valence-corrected chi connectivity index (χ3v) is 8.61. The third kappa shape index (κ3) is 6.66. The Morgan fingerprint density at radius 3 is 2.28 bits per heavy atom. The number of Topliss-reactive ketones (excluding diaryl/α,β-unsaturated/α-hetero) is 1. The number of carbonyl (C=O) groups excluding carboxylic acids is 1. The van der Waals surface area contributed by atoms with E-state index in [4.69, 9.17) is 39.5 Å². The molecule has 2 aromatic carbocycles. The first kappa shape index (κ1) is 27.9. The summed E-state index contributed by atoms with van der Waals surface area (Å²) in [5.41, 5.74) is 0.945. The lowest BCUT2D eigenvalue weighted by Gasteiger charge is -2.41. The molecular weight excluding hydrogens is 602 g/mol. The molecule has 0 N–H and O–H groups in total. The molecule has 0 saturated carbocycles. The van der Waals surface area contributed by atoms with Crippen molar-refractivity contribution in [2.45, 2.75) is 37.4 Å². The van der Waals surface area contributed by atoms with Crippen LogP contribution in [0, 0.1) is 5.92 Å². The first-order chi connectivity index (χ1) is 17.0. The van der Waals surface area contributed by atoms with Crippen molar-refractivity contribution in [1.82, 2.24) is 4.90 Å². The zero-order chi connectivity index (χ0) is 26.0. The SMILES string of the molecule is O=C(CC1CCN(C2COC2)CC1)c1ccc(/C=C/C(c2cc(Cl)c(Cl)c(Cl)c2)C(F)(F)F)cc1Br. The van der Waals surface area contributed by atoms with Crippen molar-refractivity contribution in [2.24, 2.45) is 5.92 Å². The molecule has 0 aromatic heterocycles. The summed E-state index contributed by atoms with van der Waals surface area (Å²) in [5, 5.41) is -0.0833. The summed E-state index contributed by atoms with van der Waals surface area (Å²) < 4.78 is 47.2. The Morgan fingerprint density at radius 1 is 1.11 bits per heavy atom. The molecule has 0 aliphatic carbocycles. The minimum Gasteiger partial charge on any atom is -0.378 e. The van der Waals surface area contributed by atoms with Gasteiger partial charge in [-0.3, -0.25) is 9.69 Å². The van der Waals surface area contributed by atoms with Crippen molar-refractivity contribution in [3.63, 3.8) is 0 Å². The standard InChI is InChI=1S/C26H24BrCl3F3NO2/c27-21-9-15(2-4-20(26(31,32)33)17-11-22(28)25(30)23(29)12-17)1-3-19(21)24(35)10-16-5-7-34(8-6-16)18-13-36-14-18/h1-4,9,11-12,16,18,20H,5-8,10,13-14H2/b4-2+. The highest BCUT2D eigenvalue weighted by Crippen LogP contribution is 2.41. The molecule has 0 amide bonds. The Balaban J connectivity index is 1.43. The van der Waals surface area contributed by atoms with Gasteiger partial charge in [-0.15, -0.1) is 0 Å². The number of likely N-dealkylation sites (tertiary alicyclic amines) is 1. The normalized spacial score (nSPS) is 19.0. The maximum atomic E-state index is 13.8. The van der Waals surface area contributed by atoms with E-state index in [1.165, 1.54) is 18.2 Å². The number of hydrogen-bond donors (Lipinski definition) is 0.